The Kier molecular flexibility index (Phi) is 2.37. The summed E-state index contributed by atoms with van der Waals surface area (Å²) < 4.78 is 13.0. The van der Waals surface area contributed by atoms with Crippen LogP contribution in [0.25, 0.3) is 11.1 Å². The molecular weight excluding hydrogens is 191 g/mol. The quantitative estimate of drug-likeness (QED) is 0.722. The van der Waals surface area contributed by atoms with Crippen LogP contribution in [-0.4, -0.2) is 4.98 Å². The van der Waals surface area contributed by atoms with Crippen molar-refractivity contribution in [2.75, 3.05) is 5.73 Å². The molecule has 0 saturated carbocycles. The van der Waals surface area contributed by atoms with Crippen LogP contribution in [0.3, 0.4) is 0 Å². The van der Waals surface area contributed by atoms with Crippen molar-refractivity contribution < 1.29 is 4.39 Å². The van der Waals surface area contributed by atoms with Crippen LogP contribution < -0.4 is 5.73 Å². The third-order valence-corrected chi connectivity index (χ3v) is 2.14. The van der Waals surface area contributed by atoms with Gasteiger partial charge in [0.2, 0.25) is 0 Å². The van der Waals surface area contributed by atoms with Crippen molar-refractivity contribution >= 4 is 5.69 Å². The summed E-state index contributed by atoms with van der Waals surface area (Å²) in [7, 11) is 0. The molecule has 0 aliphatic carbocycles. The van der Waals surface area contributed by atoms with Gasteiger partial charge in [-0.1, -0.05) is 6.07 Å². The van der Waals surface area contributed by atoms with Crippen molar-refractivity contribution in [1.82, 2.24) is 4.98 Å². The second-order valence-electron chi connectivity index (χ2n) is 3.52. The average Bonchev–Trinajstić information content (AvgIpc) is 2.16. The van der Waals surface area contributed by atoms with E-state index < -0.39 is 0 Å². The van der Waals surface area contributed by atoms with Gasteiger partial charge in [-0.05, 0) is 36.2 Å². The molecule has 0 aliphatic rings. The number of nitrogens with two attached hydrogens (primary N) is 1. The first-order chi connectivity index (χ1) is 7.15. The Morgan fingerprint density at radius 3 is 2.53 bits per heavy atom. The maximum Gasteiger partial charge on any atom is 0.142 e. The maximum absolute atomic E-state index is 13.0. The molecule has 0 amide bonds. The zero-order chi connectivity index (χ0) is 10.8. The lowest BCUT2D eigenvalue weighted by molar-refractivity contribution is 0.622. The van der Waals surface area contributed by atoms with Gasteiger partial charge in [-0.25, -0.2) is 4.39 Å². The van der Waals surface area contributed by atoms with Gasteiger partial charge >= 0.3 is 0 Å². The van der Waals surface area contributed by atoms with E-state index >= 15 is 0 Å². The van der Waals surface area contributed by atoms with Gasteiger partial charge in [0.1, 0.15) is 5.82 Å². The fourth-order valence-corrected chi connectivity index (χ4v) is 1.55. The van der Waals surface area contributed by atoms with Gasteiger partial charge in [-0.2, -0.15) is 0 Å². The van der Waals surface area contributed by atoms with E-state index in [1.54, 1.807) is 6.20 Å². The van der Waals surface area contributed by atoms with E-state index in [2.05, 4.69) is 4.98 Å². The van der Waals surface area contributed by atoms with E-state index in [0.29, 0.717) is 5.69 Å². The predicted molar refractivity (Wildman–Crippen MR) is 58.8 cm³/mol. The van der Waals surface area contributed by atoms with Crippen LogP contribution in [0, 0.1) is 12.7 Å². The molecule has 3 heteroatoms. The molecule has 0 aliphatic heterocycles. The molecule has 0 fully saturated rings. The summed E-state index contributed by atoms with van der Waals surface area (Å²) in [5.74, 6) is -0.340. The molecule has 0 bridgehead atoms. The van der Waals surface area contributed by atoms with Gasteiger partial charge in [0, 0.05) is 17.4 Å². The first-order valence-corrected chi connectivity index (χ1v) is 4.63. The number of hydrogen-bond donors (Lipinski definition) is 1. The zero-order valence-corrected chi connectivity index (χ0v) is 8.37. The molecule has 2 aromatic rings. The average molecular weight is 202 g/mol. The Hall–Kier alpha value is -1.90. The standard InChI is InChI=1S/C12H11FN2/c1-8-2-9(5-12(14)3-8)10-4-11(13)7-15-6-10/h2-7H,14H2,1H3. The molecule has 15 heavy (non-hydrogen) atoms. The lowest BCUT2D eigenvalue weighted by Crippen LogP contribution is -1.89. The molecule has 0 saturated heterocycles. The molecule has 0 spiro atoms. The molecule has 2 rings (SSSR count). The largest absolute Gasteiger partial charge is 0.399 e. The number of aromatic nitrogens is 1. The van der Waals surface area contributed by atoms with Crippen molar-refractivity contribution in [2.24, 2.45) is 0 Å². The fraction of sp³-hybridized carbons (Fsp3) is 0.0833. The maximum atomic E-state index is 13.0. The lowest BCUT2D eigenvalue weighted by atomic mass is 10.0. The van der Waals surface area contributed by atoms with Crippen LogP contribution in [-0.2, 0) is 0 Å². The summed E-state index contributed by atoms with van der Waals surface area (Å²) in [6.45, 7) is 1.95. The molecule has 1 aromatic carbocycles. The van der Waals surface area contributed by atoms with Crippen LogP contribution >= 0.6 is 0 Å². The molecule has 0 radical (unpaired) electrons. The zero-order valence-electron chi connectivity index (χ0n) is 8.37. The third-order valence-electron chi connectivity index (χ3n) is 2.14. The number of anilines is 1. The van der Waals surface area contributed by atoms with Crippen molar-refractivity contribution in [1.29, 1.82) is 0 Å². The van der Waals surface area contributed by atoms with Crippen molar-refractivity contribution in [3.8, 4) is 11.1 Å². The van der Waals surface area contributed by atoms with Crippen molar-refractivity contribution in [3.05, 3.63) is 48.0 Å². The Bertz CT molecular complexity index is 474. The van der Waals surface area contributed by atoms with Crippen LogP contribution in [0.15, 0.2) is 36.7 Å². The highest BCUT2D eigenvalue weighted by Crippen LogP contribution is 2.22. The Morgan fingerprint density at radius 2 is 1.87 bits per heavy atom. The topological polar surface area (TPSA) is 38.9 Å². The SMILES string of the molecule is Cc1cc(N)cc(-c2cncc(F)c2)c1. The first kappa shape index (κ1) is 9.65. The van der Waals surface area contributed by atoms with E-state index in [0.717, 1.165) is 16.7 Å². The number of halogens is 1. The molecule has 1 aromatic heterocycles. The highest BCUT2D eigenvalue weighted by atomic mass is 19.1. The third kappa shape index (κ3) is 2.13. The Morgan fingerprint density at radius 1 is 1.07 bits per heavy atom. The van der Waals surface area contributed by atoms with E-state index in [-0.39, 0.29) is 5.82 Å². The molecule has 0 unspecified atom stereocenters. The van der Waals surface area contributed by atoms with Gasteiger partial charge in [0.25, 0.3) is 0 Å². The molecule has 76 valence electrons. The van der Waals surface area contributed by atoms with E-state index in [1.807, 2.05) is 25.1 Å². The van der Waals surface area contributed by atoms with Gasteiger partial charge in [0.05, 0.1) is 6.20 Å². The summed E-state index contributed by atoms with van der Waals surface area (Å²) in [6, 6.07) is 7.08. The summed E-state index contributed by atoms with van der Waals surface area (Å²) >= 11 is 0. The molecule has 0 atom stereocenters. The second-order valence-corrected chi connectivity index (χ2v) is 3.52. The highest BCUT2D eigenvalue weighted by Gasteiger charge is 2.01. The van der Waals surface area contributed by atoms with Gasteiger partial charge in [-0.15, -0.1) is 0 Å². The Labute approximate surface area is 87.6 Å². The summed E-state index contributed by atoms with van der Waals surface area (Å²) in [5.41, 5.74) is 9.08. The lowest BCUT2D eigenvalue weighted by Gasteiger charge is -2.04. The number of nitrogens with zero attached hydrogens (tertiary/aromatic N) is 1. The van der Waals surface area contributed by atoms with E-state index in [1.165, 1.54) is 12.3 Å². The monoisotopic (exact) mass is 202 g/mol. The van der Waals surface area contributed by atoms with Gasteiger partial charge in [-0.3, -0.25) is 4.98 Å². The smallest absolute Gasteiger partial charge is 0.142 e. The number of aryl methyl sites for hydroxylation is 1. The number of rotatable bonds is 1. The van der Waals surface area contributed by atoms with Crippen molar-refractivity contribution in [3.63, 3.8) is 0 Å². The number of hydrogen-bond acceptors (Lipinski definition) is 2. The normalized spacial score (nSPS) is 10.3. The fourth-order valence-electron chi connectivity index (χ4n) is 1.55. The summed E-state index contributed by atoms with van der Waals surface area (Å²) in [6.07, 6.45) is 2.81. The number of nitrogen functional groups attached to an aromatic ring is 1. The summed E-state index contributed by atoms with van der Waals surface area (Å²) in [4.78, 5) is 3.80. The minimum Gasteiger partial charge on any atom is -0.399 e. The van der Waals surface area contributed by atoms with E-state index in [4.69, 9.17) is 5.73 Å². The number of benzene rings is 1. The van der Waals surface area contributed by atoms with Crippen LogP contribution in [0.1, 0.15) is 5.56 Å². The van der Waals surface area contributed by atoms with E-state index in [9.17, 15) is 4.39 Å². The van der Waals surface area contributed by atoms with Crippen LogP contribution in [0.2, 0.25) is 0 Å². The Balaban J connectivity index is 2.54. The van der Waals surface area contributed by atoms with Gasteiger partial charge in [0.15, 0.2) is 0 Å². The molecule has 2 nitrogen and oxygen atoms in total. The molecular formula is C12H11FN2. The first-order valence-electron chi connectivity index (χ1n) is 4.63. The second kappa shape index (κ2) is 3.69. The highest BCUT2D eigenvalue weighted by molar-refractivity contribution is 5.67. The molecule has 2 N–H and O–H groups in total. The minimum absolute atomic E-state index is 0.340. The van der Waals surface area contributed by atoms with Gasteiger partial charge < -0.3 is 5.73 Å². The summed E-state index contributed by atoms with van der Waals surface area (Å²) in [5, 5.41) is 0. The van der Waals surface area contributed by atoms with Crippen LogP contribution in [0.5, 0.6) is 0 Å². The van der Waals surface area contributed by atoms with Crippen LogP contribution in [0.4, 0.5) is 10.1 Å². The molecule has 1 heterocycles. The predicted octanol–water partition coefficient (Wildman–Crippen LogP) is 2.78. The minimum atomic E-state index is -0.340. The number of pyridine rings is 1. The van der Waals surface area contributed by atoms with Crippen molar-refractivity contribution in [2.45, 2.75) is 6.92 Å².